The molecule has 1 aromatic carbocycles. The van der Waals surface area contributed by atoms with Gasteiger partial charge in [-0.25, -0.2) is 4.57 Å². The zero-order valence-corrected chi connectivity index (χ0v) is 17.0. The van der Waals surface area contributed by atoms with Crippen molar-refractivity contribution in [1.82, 2.24) is 4.90 Å². The molecule has 1 atom stereocenters. The molecule has 0 bridgehead atoms. The fraction of sp³-hybridized carbons (Fsp3) is 0.611. The molecule has 1 unspecified atom stereocenters. The number of phosphoric acid groups is 1. The van der Waals surface area contributed by atoms with Crippen LogP contribution in [0.15, 0.2) is 24.3 Å². The van der Waals surface area contributed by atoms with Crippen molar-refractivity contribution in [2.45, 2.75) is 51.0 Å². The maximum absolute atomic E-state index is 12.7. The highest BCUT2D eigenvalue weighted by atomic mass is 31.2. The smallest absolute Gasteiger partial charge is 0.363 e. The molecule has 1 fully saturated rings. The van der Waals surface area contributed by atoms with Crippen LogP contribution in [0.25, 0.3) is 0 Å². The number of rotatable bonds is 7. The number of likely N-dealkylation sites (tertiary alicyclic amines) is 1. The molecule has 1 heterocycles. The van der Waals surface area contributed by atoms with Crippen molar-refractivity contribution in [1.29, 1.82) is 0 Å². The Hall–Kier alpha value is -1.45. The van der Waals surface area contributed by atoms with Gasteiger partial charge in [0.15, 0.2) is 6.10 Å². The zero-order valence-electron chi connectivity index (χ0n) is 16.1. The van der Waals surface area contributed by atoms with Gasteiger partial charge >= 0.3 is 14.0 Å². The van der Waals surface area contributed by atoms with E-state index in [1.165, 1.54) is 17.0 Å². The second-order valence-corrected chi connectivity index (χ2v) is 8.42. The van der Waals surface area contributed by atoms with Crippen LogP contribution in [0.4, 0.5) is 13.2 Å². The third kappa shape index (κ3) is 7.38. The summed E-state index contributed by atoms with van der Waals surface area (Å²) in [6.07, 6.45) is -4.76. The maximum Gasteiger partial charge on any atom is 0.469 e. The van der Waals surface area contributed by atoms with E-state index in [2.05, 4.69) is 4.52 Å². The third-order valence-electron chi connectivity index (χ3n) is 4.62. The highest BCUT2D eigenvalue weighted by Crippen LogP contribution is 2.36. The first-order chi connectivity index (χ1) is 13.4. The summed E-state index contributed by atoms with van der Waals surface area (Å²) in [4.78, 5) is 31.9. The molecule has 1 aliphatic heterocycles. The van der Waals surface area contributed by atoms with Crippen LogP contribution in [0.1, 0.15) is 43.7 Å². The standard InChI is InChI=1S/C18H25F3NO6P/c1-12(2)28-16(11-27-29(24,25)26)17(23)22-9-7-14(8-10-22)13-3-5-15(6-4-13)18(19,20)21/h3-6,12,14,16H,7-11H2,1-2H3,(H2,24,25,26). The molecular formula is C18H25F3NO6P. The number of hydrogen-bond donors (Lipinski definition) is 2. The van der Waals surface area contributed by atoms with Crippen LogP contribution in [0.3, 0.4) is 0 Å². The van der Waals surface area contributed by atoms with E-state index in [4.69, 9.17) is 14.5 Å². The Morgan fingerprint density at radius 1 is 1.21 bits per heavy atom. The Bertz CT molecular complexity index is 726. The highest BCUT2D eigenvalue weighted by Gasteiger charge is 2.33. The monoisotopic (exact) mass is 439 g/mol. The number of amides is 1. The number of carbonyl (C=O) groups excluding carboxylic acids is 1. The summed E-state index contributed by atoms with van der Waals surface area (Å²) in [5, 5.41) is 0. The van der Waals surface area contributed by atoms with Gasteiger partial charge in [0.25, 0.3) is 5.91 Å². The van der Waals surface area contributed by atoms with Crippen molar-refractivity contribution >= 4 is 13.7 Å². The predicted molar refractivity (Wildman–Crippen MR) is 98.0 cm³/mol. The molecule has 1 amide bonds. The summed E-state index contributed by atoms with van der Waals surface area (Å²) in [6, 6.07) is 5.03. The quantitative estimate of drug-likeness (QED) is 0.633. The van der Waals surface area contributed by atoms with Crippen molar-refractivity contribution in [3.63, 3.8) is 0 Å². The number of benzene rings is 1. The summed E-state index contributed by atoms with van der Waals surface area (Å²) >= 11 is 0. The van der Waals surface area contributed by atoms with Crippen molar-refractivity contribution in [2.75, 3.05) is 19.7 Å². The predicted octanol–water partition coefficient (Wildman–Crippen LogP) is 3.31. The van der Waals surface area contributed by atoms with Gasteiger partial charge in [-0.05, 0) is 50.3 Å². The molecule has 29 heavy (non-hydrogen) atoms. The molecule has 0 spiro atoms. The van der Waals surface area contributed by atoms with E-state index in [1.54, 1.807) is 13.8 Å². The molecule has 164 valence electrons. The zero-order chi connectivity index (χ0) is 21.8. The number of ether oxygens (including phenoxy) is 1. The van der Waals surface area contributed by atoms with Crippen LogP contribution in [0.5, 0.6) is 0 Å². The van der Waals surface area contributed by atoms with E-state index in [0.29, 0.717) is 25.9 Å². The molecule has 0 aromatic heterocycles. The Kier molecular flexibility index (Phi) is 7.86. The van der Waals surface area contributed by atoms with Gasteiger partial charge in [-0.2, -0.15) is 13.2 Å². The lowest BCUT2D eigenvalue weighted by molar-refractivity contribution is -0.150. The summed E-state index contributed by atoms with van der Waals surface area (Å²) in [6.45, 7) is 3.53. The molecule has 0 aliphatic carbocycles. The summed E-state index contributed by atoms with van der Waals surface area (Å²) in [5.74, 6) is -0.407. The number of nitrogens with zero attached hydrogens (tertiary/aromatic N) is 1. The molecule has 0 saturated carbocycles. The molecule has 7 nitrogen and oxygen atoms in total. The van der Waals surface area contributed by atoms with E-state index in [-0.39, 0.29) is 12.0 Å². The van der Waals surface area contributed by atoms with Crippen molar-refractivity contribution in [3.8, 4) is 0 Å². The summed E-state index contributed by atoms with van der Waals surface area (Å²) in [7, 11) is -4.74. The molecule has 1 saturated heterocycles. The van der Waals surface area contributed by atoms with Crippen LogP contribution in [-0.4, -0.2) is 52.5 Å². The van der Waals surface area contributed by atoms with E-state index in [1.807, 2.05) is 0 Å². The first kappa shape index (κ1) is 23.8. The van der Waals surface area contributed by atoms with E-state index >= 15 is 0 Å². The molecule has 2 rings (SSSR count). The number of alkyl halides is 3. The van der Waals surface area contributed by atoms with E-state index < -0.39 is 38.2 Å². The van der Waals surface area contributed by atoms with Crippen LogP contribution in [-0.2, 0) is 24.8 Å². The minimum Gasteiger partial charge on any atom is -0.363 e. The van der Waals surface area contributed by atoms with Crippen LogP contribution in [0, 0.1) is 0 Å². The third-order valence-corrected chi connectivity index (χ3v) is 5.11. The molecule has 1 aromatic rings. The molecular weight excluding hydrogens is 414 g/mol. The van der Waals surface area contributed by atoms with Gasteiger partial charge in [0.2, 0.25) is 0 Å². The normalized spacial score (nSPS) is 17.6. The number of phosphoric ester groups is 1. The first-order valence-corrected chi connectivity index (χ1v) is 10.7. The van der Waals surface area contributed by atoms with Crippen molar-refractivity contribution in [3.05, 3.63) is 35.4 Å². The summed E-state index contributed by atoms with van der Waals surface area (Å²) in [5.41, 5.74) is 0.0810. The second-order valence-electron chi connectivity index (χ2n) is 7.18. The van der Waals surface area contributed by atoms with Crippen molar-refractivity contribution < 1.29 is 41.6 Å². The van der Waals surface area contributed by atoms with Gasteiger partial charge < -0.3 is 19.4 Å². The van der Waals surface area contributed by atoms with Crippen LogP contribution in [0.2, 0.25) is 0 Å². The fourth-order valence-electron chi connectivity index (χ4n) is 3.24. The lowest BCUT2D eigenvalue weighted by atomic mass is 9.89. The fourth-order valence-corrected chi connectivity index (χ4v) is 3.57. The Labute approximate surface area is 167 Å². The van der Waals surface area contributed by atoms with Gasteiger partial charge in [0.05, 0.1) is 18.3 Å². The van der Waals surface area contributed by atoms with Crippen molar-refractivity contribution in [2.24, 2.45) is 0 Å². The lowest BCUT2D eigenvalue weighted by Crippen LogP contribution is -2.46. The van der Waals surface area contributed by atoms with Gasteiger partial charge in [0, 0.05) is 13.1 Å². The number of carbonyl (C=O) groups is 1. The van der Waals surface area contributed by atoms with Gasteiger partial charge in [-0.3, -0.25) is 9.32 Å². The number of halogens is 3. The van der Waals surface area contributed by atoms with Gasteiger partial charge in [-0.1, -0.05) is 12.1 Å². The number of hydrogen-bond acceptors (Lipinski definition) is 4. The minimum atomic E-state index is -4.74. The minimum absolute atomic E-state index is 0.0251. The van der Waals surface area contributed by atoms with Gasteiger partial charge in [-0.15, -0.1) is 0 Å². The average Bonchev–Trinajstić information content (AvgIpc) is 2.63. The molecule has 0 radical (unpaired) electrons. The second kappa shape index (κ2) is 9.57. The lowest BCUT2D eigenvalue weighted by Gasteiger charge is -2.34. The molecule has 1 aliphatic rings. The largest absolute Gasteiger partial charge is 0.469 e. The van der Waals surface area contributed by atoms with Gasteiger partial charge in [0.1, 0.15) is 0 Å². The van der Waals surface area contributed by atoms with Crippen LogP contribution >= 0.6 is 7.82 Å². The maximum atomic E-state index is 12.7. The van der Waals surface area contributed by atoms with E-state index in [9.17, 15) is 22.5 Å². The number of piperidine rings is 1. The van der Waals surface area contributed by atoms with E-state index in [0.717, 1.165) is 17.7 Å². The van der Waals surface area contributed by atoms with Crippen LogP contribution < -0.4 is 0 Å². The SMILES string of the molecule is CC(C)OC(COP(=O)(O)O)C(=O)N1CCC(c2ccc(C(F)(F)F)cc2)CC1. The highest BCUT2D eigenvalue weighted by molar-refractivity contribution is 7.46. The average molecular weight is 439 g/mol. The Morgan fingerprint density at radius 3 is 2.21 bits per heavy atom. The molecule has 11 heteroatoms. The summed E-state index contributed by atoms with van der Waals surface area (Å²) < 4.78 is 58.9. The Balaban J connectivity index is 1.97. The molecule has 2 N–H and O–H groups in total. The topological polar surface area (TPSA) is 96.3 Å². The first-order valence-electron chi connectivity index (χ1n) is 9.18. The Morgan fingerprint density at radius 2 is 1.76 bits per heavy atom.